The normalized spacial score (nSPS) is 13.5. The van der Waals surface area contributed by atoms with E-state index in [0.717, 1.165) is 16.8 Å². The first-order chi connectivity index (χ1) is 16.4. The number of hydrogen-bond donors (Lipinski definition) is 1. The summed E-state index contributed by atoms with van der Waals surface area (Å²) in [5.41, 5.74) is 2.06. The highest BCUT2D eigenvalue weighted by atomic mass is 32.2. The largest absolute Gasteiger partial charge is 0.487 e. The molecular formula is C24H21N5O4S. The molecule has 34 heavy (non-hydrogen) atoms. The Morgan fingerprint density at radius 2 is 1.97 bits per heavy atom. The second-order valence-corrected chi connectivity index (χ2v) is 9.87. The zero-order valence-electron chi connectivity index (χ0n) is 18.3. The fourth-order valence-corrected chi connectivity index (χ4v) is 4.39. The minimum atomic E-state index is -3.26. The summed E-state index contributed by atoms with van der Waals surface area (Å²) in [5.74, 6) is 0.934. The third-order valence-corrected chi connectivity index (χ3v) is 6.59. The lowest BCUT2D eigenvalue weighted by Crippen LogP contribution is -2.25. The Morgan fingerprint density at radius 3 is 2.71 bits per heavy atom. The molecule has 10 heteroatoms. The number of nitrogens with one attached hydrogen (secondary N) is 1. The average molecular weight is 476 g/mol. The van der Waals surface area contributed by atoms with Crippen LogP contribution in [-0.2, 0) is 23.0 Å². The summed E-state index contributed by atoms with van der Waals surface area (Å²) in [6, 6.07) is 15.5. The number of sulfone groups is 1. The van der Waals surface area contributed by atoms with Crippen LogP contribution in [0.25, 0.3) is 10.9 Å². The molecule has 0 saturated heterocycles. The summed E-state index contributed by atoms with van der Waals surface area (Å²) < 4.78 is 31.3. The van der Waals surface area contributed by atoms with E-state index in [0.29, 0.717) is 29.9 Å². The molecule has 0 aliphatic carbocycles. The van der Waals surface area contributed by atoms with Gasteiger partial charge in [-0.1, -0.05) is 18.2 Å². The average Bonchev–Trinajstić information content (AvgIpc) is 3.34. The van der Waals surface area contributed by atoms with E-state index in [9.17, 15) is 13.2 Å². The molecular weight excluding hydrogens is 454 g/mol. The van der Waals surface area contributed by atoms with Crippen molar-refractivity contribution in [1.29, 1.82) is 0 Å². The van der Waals surface area contributed by atoms with E-state index >= 15 is 0 Å². The van der Waals surface area contributed by atoms with Gasteiger partial charge in [0.1, 0.15) is 23.7 Å². The van der Waals surface area contributed by atoms with Crippen molar-refractivity contribution < 1.29 is 17.9 Å². The van der Waals surface area contributed by atoms with Gasteiger partial charge in [0, 0.05) is 37.1 Å². The van der Waals surface area contributed by atoms with Gasteiger partial charge >= 0.3 is 0 Å². The van der Waals surface area contributed by atoms with E-state index in [4.69, 9.17) is 4.74 Å². The number of carbonyl (C=O) groups excluding carboxylic acids is 1. The van der Waals surface area contributed by atoms with Crippen LogP contribution in [0.4, 0.5) is 5.82 Å². The molecule has 0 radical (unpaired) electrons. The standard InChI is InChI=1S/C24H21N5O4S/c1-34(31,32)18-9-7-16(8-10-18)15-33-20-6-2-5-19-21(20)27-24(29-13-12-26-22(19)29)28-23(30)17-4-3-11-25-14-17/h2-11,14,26H,12-13,15H2,1H3. The number of hydrogen-bond acceptors (Lipinski definition) is 7. The monoisotopic (exact) mass is 475 g/mol. The molecule has 4 aromatic rings. The Balaban J connectivity index is 1.52. The molecule has 0 spiro atoms. The number of carbonyl (C=O) groups is 1. The van der Waals surface area contributed by atoms with Crippen molar-refractivity contribution in [1.82, 2.24) is 14.5 Å². The van der Waals surface area contributed by atoms with Crippen LogP contribution in [0.2, 0.25) is 0 Å². The van der Waals surface area contributed by atoms with Gasteiger partial charge in [0.25, 0.3) is 5.91 Å². The fourth-order valence-electron chi connectivity index (χ4n) is 3.76. The highest BCUT2D eigenvalue weighted by molar-refractivity contribution is 7.90. The topological polar surface area (TPSA) is 116 Å². The van der Waals surface area contributed by atoms with Crippen LogP contribution in [0, 0.1) is 0 Å². The molecule has 1 amide bonds. The summed E-state index contributed by atoms with van der Waals surface area (Å²) in [6.45, 7) is 1.56. The molecule has 1 N–H and O–H groups in total. The number of pyridine rings is 1. The summed E-state index contributed by atoms with van der Waals surface area (Å²) in [5, 5.41) is 4.20. The lowest BCUT2D eigenvalue weighted by Gasteiger charge is -2.12. The number of nitrogens with zero attached hydrogens (tertiary/aromatic N) is 4. The van der Waals surface area contributed by atoms with Gasteiger partial charge in [-0.25, -0.2) is 13.4 Å². The zero-order chi connectivity index (χ0) is 23.7. The van der Waals surface area contributed by atoms with Gasteiger partial charge < -0.3 is 10.1 Å². The van der Waals surface area contributed by atoms with Crippen LogP contribution in [-0.4, -0.2) is 41.7 Å². The Kier molecular flexibility index (Phi) is 5.58. The molecule has 1 aliphatic rings. The lowest BCUT2D eigenvalue weighted by molar-refractivity contribution is 0.0996. The van der Waals surface area contributed by atoms with E-state index in [1.807, 2.05) is 16.7 Å². The number of aromatic nitrogens is 3. The van der Waals surface area contributed by atoms with Crippen molar-refractivity contribution >= 4 is 32.5 Å². The Morgan fingerprint density at radius 1 is 1.15 bits per heavy atom. The third-order valence-electron chi connectivity index (χ3n) is 5.46. The van der Waals surface area contributed by atoms with Gasteiger partial charge in [0.15, 0.2) is 9.84 Å². The van der Waals surface area contributed by atoms with E-state index < -0.39 is 15.7 Å². The number of anilines is 1. The molecule has 3 heterocycles. The Bertz CT molecular complexity index is 1560. The number of fused-ring (bicyclic) bond motifs is 3. The molecule has 0 bridgehead atoms. The smallest absolute Gasteiger partial charge is 0.281 e. The third kappa shape index (κ3) is 4.27. The minimum absolute atomic E-state index is 0.226. The van der Waals surface area contributed by atoms with Gasteiger partial charge in [-0.3, -0.25) is 14.3 Å². The summed E-state index contributed by atoms with van der Waals surface area (Å²) in [6.07, 6.45) is 4.24. The maximum atomic E-state index is 12.7. The van der Waals surface area contributed by atoms with Crippen molar-refractivity contribution in [3.8, 4) is 5.75 Å². The summed E-state index contributed by atoms with van der Waals surface area (Å²) in [4.78, 5) is 25.9. The van der Waals surface area contributed by atoms with E-state index in [2.05, 4.69) is 20.3 Å². The van der Waals surface area contributed by atoms with Crippen LogP contribution in [0.5, 0.6) is 5.75 Å². The predicted molar refractivity (Wildman–Crippen MR) is 126 cm³/mol. The van der Waals surface area contributed by atoms with E-state index in [-0.39, 0.29) is 17.1 Å². The molecule has 0 saturated carbocycles. The second kappa shape index (κ2) is 8.71. The highest BCUT2D eigenvalue weighted by Gasteiger charge is 2.18. The Hall–Kier alpha value is -4.05. The predicted octanol–water partition coefficient (Wildman–Crippen LogP) is 2.58. The summed E-state index contributed by atoms with van der Waals surface area (Å²) in [7, 11) is -3.26. The molecule has 0 unspecified atom stereocenters. The molecule has 172 valence electrons. The fraction of sp³-hybridized carbons (Fsp3) is 0.167. The van der Waals surface area contributed by atoms with Gasteiger partial charge in [0.05, 0.1) is 10.5 Å². The quantitative estimate of drug-likeness (QED) is 0.472. The van der Waals surface area contributed by atoms with Crippen LogP contribution >= 0.6 is 0 Å². The molecule has 5 rings (SSSR count). The molecule has 1 aliphatic heterocycles. The van der Waals surface area contributed by atoms with Crippen LogP contribution in [0.3, 0.4) is 0 Å². The molecule has 2 aromatic carbocycles. The van der Waals surface area contributed by atoms with Gasteiger partial charge in [-0.05, 0) is 42.0 Å². The maximum Gasteiger partial charge on any atom is 0.281 e. The van der Waals surface area contributed by atoms with E-state index in [1.165, 1.54) is 12.5 Å². The minimum Gasteiger partial charge on any atom is -0.487 e. The first-order valence-corrected chi connectivity index (χ1v) is 12.5. The molecule has 0 atom stereocenters. The zero-order valence-corrected chi connectivity index (χ0v) is 19.1. The number of rotatable bonds is 5. The van der Waals surface area contributed by atoms with Crippen molar-refractivity contribution in [3.05, 3.63) is 83.7 Å². The molecule has 0 fully saturated rings. The van der Waals surface area contributed by atoms with Crippen molar-refractivity contribution in [2.45, 2.75) is 18.0 Å². The van der Waals surface area contributed by atoms with Crippen LogP contribution in [0.1, 0.15) is 15.9 Å². The molecule has 9 nitrogen and oxygen atoms in total. The second-order valence-electron chi connectivity index (χ2n) is 7.85. The van der Waals surface area contributed by atoms with Crippen LogP contribution in [0.15, 0.2) is 76.9 Å². The number of ether oxygens (including phenoxy) is 1. The first-order valence-electron chi connectivity index (χ1n) is 10.6. The van der Waals surface area contributed by atoms with Crippen molar-refractivity contribution in [2.24, 2.45) is 4.99 Å². The van der Waals surface area contributed by atoms with Crippen molar-refractivity contribution in [3.63, 3.8) is 0 Å². The van der Waals surface area contributed by atoms with Gasteiger partial charge in [0.2, 0.25) is 5.62 Å². The maximum absolute atomic E-state index is 12.7. The Labute approximate surface area is 195 Å². The SMILES string of the molecule is CS(=O)(=O)c1ccc(COc2cccc3c4n(c(=NC(=O)c5cccnc5)nc23)CCN4)cc1. The summed E-state index contributed by atoms with van der Waals surface area (Å²) >= 11 is 0. The highest BCUT2D eigenvalue weighted by Crippen LogP contribution is 2.30. The number of benzene rings is 2. The first kappa shape index (κ1) is 21.8. The number of amides is 1. The van der Waals surface area contributed by atoms with Gasteiger partial charge in [-0.15, -0.1) is 0 Å². The molecule has 2 aromatic heterocycles. The van der Waals surface area contributed by atoms with E-state index in [1.54, 1.807) is 48.7 Å². The lowest BCUT2D eigenvalue weighted by atomic mass is 10.2. The van der Waals surface area contributed by atoms with Gasteiger partial charge in [-0.2, -0.15) is 4.99 Å². The number of para-hydroxylation sites is 1. The van der Waals surface area contributed by atoms with Crippen molar-refractivity contribution in [2.75, 3.05) is 18.1 Å². The van der Waals surface area contributed by atoms with Crippen LogP contribution < -0.4 is 15.7 Å².